The molecule has 1 amide bonds. The Hall–Kier alpha value is -3.12. The molecule has 6 heteroatoms. The van der Waals surface area contributed by atoms with Crippen molar-refractivity contribution in [2.75, 3.05) is 25.0 Å². The Kier molecular flexibility index (Phi) is 5.59. The van der Waals surface area contributed by atoms with Crippen molar-refractivity contribution in [1.82, 2.24) is 9.47 Å². The topological polar surface area (TPSA) is 63.6 Å². The fourth-order valence-electron chi connectivity index (χ4n) is 4.15. The van der Waals surface area contributed by atoms with Gasteiger partial charge in [0.25, 0.3) is 0 Å². The molecule has 6 nitrogen and oxygen atoms in total. The predicted molar refractivity (Wildman–Crippen MR) is 119 cm³/mol. The van der Waals surface area contributed by atoms with E-state index in [0.29, 0.717) is 13.2 Å². The number of carbonyl (C=O) groups excluding carboxylic acids is 1. The number of anilines is 1. The standard InChI is InChI=1S/C24H27N3O3/c1-4-30-18-8-6-17(7-9-18)25-23(28)15-27-12-11-22-20(14-27)24(29)19-13-16(2)5-10-21(19)26(22)3/h5-10,13H,4,11-12,14-15H2,1-3H3,(H,25,28). The lowest BCUT2D eigenvalue weighted by Crippen LogP contribution is -2.40. The van der Waals surface area contributed by atoms with Crippen LogP contribution in [0.1, 0.15) is 23.7 Å². The van der Waals surface area contributed by atoms with E-state index in [4.69, 9.17) is 4.74 Å². The van der Waals surface area contributed by atoms with Crippen molar-refractivity contribution < 1.29 is 9.53 Å². The van der Waals surface area contributed by atoms with Crippen molar-refractivity contribution in [2.45, 2.75) is 26.8 Å². The third-order valence-corrected chi connectivity index (χ3v) is 5.65. The van der Waals surface area contributed by atoms with Crippen LogP contribution in [0.25, 0.3) is 10.9 Å². The third kappa shape index (κ3) is 3.96. The largest absolute Gasteiger partial charge is 0.494 e. The fraction of sp³-hybridized carbons (Fsp3) is 0.333. The van der Waals surface area contributed by atoms with Gasteiger partial charge in [-0.1, -0.05) is 11.6 Å². The first kappa shape index (κ1) is 20.2. The van der Waals surface area contributed by atoms with Crippen LogP contribution in [0.2, 0.25) is 0 Å². The van der Waals surface area contributed by atoms with Crippen molar-refractivity contribution in [3.05, 3.63) is 69.5 Å². The SMILES string of the molecule is CCOc1ccc(NC(=O)CN2CCc3c(c(=O)c4cc(C)ccc4n3C)C2)cc1. The van der Waals surface area contributed by atoms with Crippen molar-refractivity contribution in [3.8, 4) is 5.75 Å². The average molecular weight is 405 g/mol. The van der Waals surface area contributed by atoms with Gasteiger partial charge in [-0.25, -0.2) is 0 Å². The molecule has 2 heterocycles. The number of rotatable bonds is 5. The van der Waals surface area contributed by atoms with Crippen LogP contribution in [0.4, 0.5) is 5.69 Å². The van der Waals surface area contributed by atoms with Gasteiger partial charge in [0, 0.05) is 48.9 Å². The van der Waals surface area contributed by atoms with E-state index in [0.717, 1.165) is 52.1 Å². The van der Waals surface area contributed by atoms with Crippen LogP contribution in [0.3, 0.4) is 0 Å². The molecule has 30 heavy (non-hydrogen) atoms. The van der Waals surface area contributed by atoms with E-state index in [2.05, 4.69) is 9.88 Å². The minimum atomic E-state index is -0.0870. The number of amides is 1. The first-order chi connectivity index (χ1) is 14.5. The molecule has 2 aromatic carbocycles. The van der Waals surface area contributed by atoms with Crippen molar-refractivity contribution in [2.24, 2.45) is 7.05 Å². The summed E-state index contributed by atoms with van der Waals surface area (Å²) in [6, 6.07) is 13.4. The van der Waals surface area contributed by atoms with Gasteiger partial charge in [0.2, 0.25) is 5.91 Å². The lowest BCUT2D eigenvalue weighted by molar-refractivity contribution is -0.117. The lowest BCUT2D eigenvalue weighted by atomic mass is 10.0. The molecule has 0 bridgehead atoms. The van der Waals surface area contributed by atoms with E-state index < -0.39 is 0 Å². The van der Waals surface area contributed by atoms with Gasteiger partial charge in [-0.05, 0) is 50.2 Å². The maximum Gasteiger partial charge on any atom is 0.238 e. The van der Waals surface area contributed by atoms with E-state index in [1.54, 1.807) is 0 Å². The Bertz CT molecular complexity index is 1150. The van der Waals surface area contributed by atoms with Crippen LogP contribution in [0, 0.1) is 6.92 Å². The minimum Gasteiger partial charge on any atom is -0.494 e. The van der Waals surface area contributed by atoms with Crippen molar-refractivity contribution in [1.29, 1.82) is 0 Å². The van der Waals surface area contributed by atoms with Gasteiger partial charge in [0.15, 0.2) is 5.43 Å². The molecule has 0 unspecified atom stereocenters. The van der Waals surface area contributed by atoms with Gasteiger partial charge in [-0.2, -0.15) is 0 Å². The molecular formula is C24H27N3O3. The second-order valence-electron chi connectivity index (χ2n) is 7.80. The molecule has 0 radical (unpaired) electrons. The smallest absolute Gasteiger partial charge is 0.238 e. The number of nitrogens with zero attached hydrogens (tertiary/aromatic N) is 2. The number of hydrogen-bond donors (Lipinski definition) is 1. The molecule has 0 atom stereocenters. The van der Waals surface area contributed by atoms with Crippen LogP contribution < -0.4 is 15.5 Å². The molecule has 4 rings (SSSR count). The summed E-state index contributed by atoms with van der Waals surface area (Å²) in [5.41, 5.74) is 4.72. The molecule has 0 saturated heterocycles. The predicted octanol–water partition coefficient (Wildman–Crippen LogP) is 3.24. The highest BCUT2D eigenvalue weighted by Gasteiger charge is 2.24. The zero-order valence-corrected chi connectivity index (χ0v) is 17.7. The molecule has 0 fully saturated rings. The average Bonchev–Trinajstić information content (AvgIpc) is 2.73. The summed E-state index contributed by atoms with van der Waals surface area (Å²) in [5, 5.41) is 3.67. The number of fused-ring (bicyclic) bond motifs is 2. The highest BCUT2D eigenvalue weighted by molar-refractivity contribution is 5.92. The Morgan fingerprint density at radius 2 is 1.93 bits per heavy atom. The summed E-state index contributed by atoms with van der Waals surface area (Å²) in [5.74, 6) is 0.692. The summed E-state index contributed by atoms with van der Waals surface area (Å²) >= 11 is 0. The maximum absolute atomic E-state index is 13.1. The summed E-state index contributed by atoms with van der Waals surface area (Å²) in [6.07, 6.45) is 0.751. The normalized spacial score (nSPS) is 13.8. The van der Waals surface area contributed by atoms with Crippen LogP contribution in [0.5, 0.6) is 5.75 Å². The van der Waals surface area contributed by atoms with Crippen LogP contribution in [0.15, 0.2) is 47.3 Å². The first-order valence-corrected chi connectivity index (χ1v) is 10.3. The first-order valence-electron chi connectivity index (χ1n) is 10.3. The highest BCUT2D eigenvalue weighted by atomic mass is 16.5. The highest BCUT2D eigenvalue weighted by Crippen LogP contribution is 2.22. The number of pyridine rings is 1. The van der Waals surface area contributed by atoms with E-state index in [1.807, 2.05) is 68.3 Å². The maximum atomic E-state index is 13.1. The molecule has 1 aliphatic rings. The Labute approximate surface area is 176 Å². The van der Waals surface area contributed by atoms with Crippen LogP contribution in [-0.4, -0.2) is 35.1 Å². The van der Waals surface area contributed by atoms with Crippen molar-refractivity contribution >= 4 is 22.5 Å². The summed E-state index contributed by atoms with van der Waals surface area (Å²) in [6.45, 7) is 6.02. The lowest BCUT2D eigenvalue weighted by Gasteiger charge is -2.29. The Morgan fingerprint density at radius 1 is 1.17 bits per heavy atom. The molecule has 1 aromatic heterocycles. The second kappa shape index (κ2) is 8.32. The number of aryl methyl sites for hydroxylation is 2. The van der Waals surface area contributed by atoms with Crippen LogP contribution >= 0.6 is 0 Å². The van der Waals surface area contributed by atoms with Gasteiger partial charge in [0.05, 0.1) is 18.7 Å². The molecule has 0 spiro atoms. The fourth-order valence-corrected chi connectivity index (χ4v) is 4.15. The third-order valence-electron chi connectivity index (χ3n) is 5.65. The van der Waals surface area contributed by atoms with E-state index in [9.17, 15) is 9.59 Å². The second-order valence-corrected chi connectivity index (χ2v) is 7.80. The van der Waals surface area contributed by atoms with E-state index >= 15 is 0 Å². The van der Waals surface area contributed by atoms with Gasteiger partial charge in [0.1, 0.15) is 5.75 Å². The number of aromatic nitrogens is 1. The van der Waals surface area contributed by atoms with Crippen LogP contribution in [-0.2, 0) is 24.8 Å². The molecule has 0 saturated carbocycles. The molecule has 1 aliphatic heterocycles. The zero-order valence-electron chi connectivity index (χ0n) is 17.7. The molecule has 0 aliphatic carbocycles. The van der Waals surface area contributed by atoms with Crippen molar-refractivity contribution in [3.63, 3.8) is 0 Å². The number of carbonyl (C=O) groups is 1. The zero-order chi connectivity index (χ0) is 21.3. The van der Waals surface area contributed by atoms with E-state index in [-0.39, 0.29) is 17.9 Å². The number of nitrogens with one attached hydrogen (secondary N) is 1. The quantitative estimate of drug-likeness (QED) is 0.708. The molecular weight excluding hydrogens is 378 g/mol. The van der Waals surface area contributed by atoms with Gasteiger partial charge in [-0.3, -0.25) is 14.5 Å². The molecule has 3 aromatic rings. The number of ether oxygens (including phenoxy) is 1. The monoisotopic (exact) mass is 405 g/mol. The van der Waals surface area contributed by atoms with Gasteiger partial charge in [-0.15, -0.1) is 0 Å². The summed E-state index contributed by atoms with van der Waals surface area (Å²) < 4.78 is 7.55. The van der Waals surface area contributed by atoms with Gasteiger partial charge < -0.3 is 14.6 Å². The Balaban J connectivity index is 1.49. The van der Waals surface area contributed by atoms with E-state index in [1.165, 1.54) is 0 Å². The molecule has 156 valence electrons. The summed E-state index contributed by atoms with van der Waals surface area (Å²) in [4.78, 5) is 27.7. The summed E-state index contributed by atoms with van der Waals surface area (Å²) in [7, 11) is 2.02. The van der Waals surface area contributed by atoms with Gasteiger partial charge >= 0.3 is 0 Å². The molecule has 1 N–H and O–H groups in total. The Morgan fingerprint density at radius 3 is 2.67 bits per heavy atom. The number of hydrogen-bond acceptors (Lipinski definition) is 4. The minimum absolute atomic E-state index is 0.0819. The number of benzene rings is 2.